The van der Waals surface area contributed by atoms with Crippen LogP contribution in [-0.2, 0) is 13.6 Å². The molecule has 6 heteroatoms. The molecule has 1 fully saturated rings. The Morgan fingerprint density at radius 2 is 2.04 bits per heavy atom. The summed E-state index contributed by atoms with van der Waals surface area (Å²) in [5, 5.41) is 8.74. The van der Waals surface area contributed by atoms with Crippen LogP contribution in [0.25, 0.3) is 0 Å². The zero-order chi connectivity index (χ0) is 19.0. The summed E-state index contributed by atoms with van der Waals surface area (Å²) < 4.78 is 15.6. The minimum absolute atomic E-state index is 0.168. The first-order chi connectivity index (χ1) is 13.0. The van der Waals surface area contributed by atoms with Gasteiger partial charge >= 0.3 is 0 Å². The second-order valence-corrected chi connectivity index (χ2v) is 7.54. The SMILES string of the molecule is Cc1cc(C(NCc2nc(C3CC3)nn2C)c2ccccc2Cl)ccc1F. The number of rotatable bonds is 6. The van der Waals surface area contributed by atoms with Gasteiger partial charge in [0.2, 0.25) is 0 Å². The highest BCUT2D eigenvalue weighted by molar-refractivity contribution is 6.31. The topological polar surface area (TPSA) is 42.7 Å². The van der Waals surface area contributed by atoms with E-state index >= 15 is 0 Å². The average molecular weight is 385 g/mol. The molecule has 1 aliphatic carbocycles. The van der Waals surface area contributed by atoms with Gasteiger partial charge in [-0.1, -0.05) is 41.9 Å². The van der Waals surface area contributed by atoms with E-state index in [4.69, 9.17) is 11.6 Å². The van der Waals surface area contributed by atoms with Crippen LogP contribution in [0, 0.1) is 12.7 Å². The number of hydrogen-bond donors (Lipinski definition) is 1. The van der Waals surface area contributed by atoms with Crippen LogP contribution in [0.5, 0.6) is 0 Å². The molecule has 4 nitrogen and oxygen atoms in total. The van der Waals surface area contributed by atoms with Gasteiger partial charge in [-0.15, -0.1) is 0 Å². The van der Waals surface area contributed by atoms with E-state index < -0.39 is 0 Å². The van der Waals surface area contributed by atoms with Gasteiger partial charge in [0.25, 0.3) is 0 Å². The van der Waals surface area contributed by atoms with Crippen molar-refractivity contribution < 1.29 is 4.39 Å². The lowest BCUT2D eigenvalue weighted by Gasteiger charge is -2.21. The predicted molar refractivity (Wildman–Crippen MR) is 104 cm³/mol. The smallest absolute Gasteiger partial charge is 0.154 e. The summed E-state index contributed by atoms with van der Waals surface area (Å²) in [6.07, 6.45) is 2.35. The van der Waals surface area contributed by atoms with Crippen LogP contribution in [0.4, 0.5) is 4.39 Å². The van der Waals surface area contributed by atoms with Crippen molar-refractivity contribution >= 4 is 11.6 Å². The molecule has 1 unspecified atom stereocenters. The maximum Gasteiger partial charge on any atom is 0.154 e. The zero-order valence-electron chi connectivity index (χ0n) is 15.4. The lowest BCUT2D eigenvalue weighted by atomic mass is 9.97. The summed E-state index contributed by atoms with van der Waals surface area (Å²) in [6, 6.07) is 12.7. The Kier molecular flexibility index (Phi) is 4.98. The number of aryl methyl sites for hydroxylation is 2. The molecule has 3 aromatic rings. The van der Waals surface area contributed by atoms with Gasteiger partial charge in [-0.3, -0.25) is 10.00 Å². The predicted octanol–water partition coefficient (Wildman–Crippen LogP) is 4.67. The Balaban J connectivity index is 1.63. The van der Waals surface area contributed by atoms with Crippen LogP contribution in [0.15, 0.2) is 42.5 Å². The van der Waals surface area contributed by atoms with Gasteiger partial charge in [0, 0.05) is 18.0 Å². The van der Waals surface area contributed by atoms with Gasteiger partial charge in [0.1, 0.15) is 11.6 Å². The van der Waals surface area contributed by atoms with E-state index in [1.807, 2.05) is 42.1 Å². The largest absolute Gasteiger partial charge is 0.299 e. The molecular weight excluding hydrogens is 363 g/mol. The molecule has 0 bridgehead atoms. The van der Waals surface area contributed by atoms with Gasteiger partial charge in [0.05, 0.1) is 12.6 Å². The fraction of sp³-hybridized carbons (Fsp3) is 0.333. The highest BCUT2D eigenvalue weighted by Gasteiger charge is 2.28. The van der Waals surface area contributed by atoms with E-state index in [1.165, 1.54) is 18.9 Å². The first-order valence-corrected chi connectivity index (χ1v) is 9.54. The average Bonchev–Trinajstić information content (AvgIpc) is 3.43. The van der Waals surface area contributed by atoms with E-state index in [1.54, 1.807) is 13.0 Å². The first kappa shape index (κ1) is 18.1. The van der Waals surface area contributed by atoms with Crippen molar-refractivity contribution in [1.82, 2.24) is 20.1 Å². The third kappa shape index (κ3) is 3.89. The number of aromatic nitrogens is 3. The first-order valence-electron chi connectivity index (χ1n) is 9.16. The Bertz CT molecular complexity index is 965. The lowest BCUT2D eigenvalue weighted by Crippen LogP contribution is -2.24. The van der Waals surface area contributed by atoms with E-state index in [9.17, 15) is 4.39 Å². The normalized spacial score (nSPS) is 15.1. The molecule has 4 rings (SSSR count). The van der Waals surface area contributed by atoms with Gasteiger partial charge in [-0.25, -0.2) is 9.37 Å². The third-order valence-corrected chi connectivity index (χ3v) is 5.35. The molecule has 27 heavy (non-hydrogen) atoms. The monoisotopic (exact) mass is 384 g/mol. The maximum atomic E-state index is 13.8. The number of halogens is 2. The van der Waals surface area contributed by atoms with E-state index in [2.05, 4.69) is 15.4 Å². The lowest BCUT2D eigenvalue weighted by molar-refractivity contribution is 0.559. The van der Waals surface area contributed by atoms with E-state index in [0.29, 0.717) is 23.0 Å². The molecule has 1 N–H and O–H groups in total. The molecule has 0 amide bonds. The van der Waals surface area contributed by atoms with E-state index in [0.717, 1.165) is 22.8 Å². The van der Waals surface area contributed by atoms with Crippen LogP contribution >= 0.6 is 11.6 Å². The summed E-state index contributed by atoms with van der Waals surface area (Å²) in [5.74, 6) is 2.12. The minimum Gasteiger partial charge on any atom is -0.299 e. The molecule has 1 saturated carbocycles. The highest BCUT2D eigenvalue weighted by atomic mass is 35.5. The molecule has 0 aliphatic heterocycles. The van der Waals surface area contributed by atoms with Crippen molar-refractivity contribution in [3.8, 4) is 0 Å². The van der Waals surface area contributed by atoms with Gasteiger partial charge in [0.15, 0.2) is 5.82 Å². The Labute approximate surface area is 163 Å². The molecule has 0 spiro atoms. The molecule has 1 aliphatic rings. The van der Waals surface area contributed by atoms with Gasteiger partial charge in [-0.05, 0) is 48.6 Å². The van der Waals surface area contributed by atoms with Crippen LogP contribution in [0.3, 0.4) is 0 Å². The maximum absolute atomic E-state index is 13.8. The summed E-state index contributed by atoms with van der Waals surface area (Å²) in [4.78, 5) is 4.68. The fourth-order valence-corrected chi connectivity index (χ4v) is 3.51. The Morgan fingerprint density at radius 1 is 1.26 bits per heavy atom. The number of nitrogens with zero attached hydrogens (tertiary/aromatic N) is 3. The Morgan fingerprint density at radius 3 is 2.74 bits per heavy atom. The summed E-state index contributed by atoms with van der Waals surface area (Å²) in [7, 11) is 1.92. The second-order valence-electron chi connectivity index (χ2n) is 7.13. The number of hydrogen-bond acceptors (Lipinski definition) is 3. The molecular formula is C21H22ClFN4. The summed E-state index contributed by atoms with van der Waals surface area (Å²) in [6.45, 7) is 2.32. The molecule has 1 aromatic heterocycles. The van der Waals surface area contributed by atoms with Crippen LogP contribution in [0.2, 0.25) is 5.02 Å². The molecule has 0 radical (unpaired) electrons. The zero-order valence-corrected chi connectivity index (χ0v) is 16.2. The van der Waals surface area contributed by atoms with Crippen molar-refractivity contribution in [2.24, 2.45) is 7.05 Å². The molecule has 2 aromatic carbocycles. The standard InChI is InChI=1S/C21H22ClFN4/c1-13-11-15(9-10-18(13)23)20(16-5-3-4-6-17(16)22)24-12-19-25-21(14-7-8-14)26-27(19)2/h3-6,9-11,14,20,24H,7-8,12H2,1-2H3. The molecule has 1 heterocycles. The quantitative estimate of drug-likeness (QED) is 0.671. The second kappa shape index (κ2) is 7.41. The van der Waals surface area contributed by atoms with Gasteiger partial charge in [-0.2, -0.15) is 5.10 Å². The summed E-state index contributed by atoms with van der Waals surface area (Å²) in [5.41, 5.74) is 2.53. The van der Waals surface area contributed by atoms with Crippen molar-refractivity contribution in [3.63, 3.8) is 0 Å². The van der Waals surface area contributed by atoms with Crippen molar-refractivity contribution in [2.45, 2.75) is 38.3 Å². The summed E-state index contributed by atoms with van der Waals surface area (Å²) >= 11 is 6.46. The van der Waals surface area contributed by atoms with E-state index in [-0.39, 0.29) is 11.9 Å². The Hall–Kier alpha value is -2.24. The number of nitrogens with one attached hydrogen (secondary N) is 1. The molecule has 1 atom stereocenters. The van der Waals surface area contributed by atoms with Crippen molar-refractivity contribution in [3.05, 3.63) is 81.6 Å². The third-order valence-electron chi connectivity index (χ3n) is 5.01. The van der Waals surface area contributed by atoms with Crippen LogP contribution in [0.1, 0.15) is 53.1 Å². The molecule has 0 saturated heterocycles. The van der Waals surface area contributed by atoms with Gasteiger partial charge < -0.3 is 0 Å². The van der Waals surface area contributed by atoms with Crippen LogP contribution in [-0.4, -0.2) is 14.8 Å². The highest BCUT2D eigenvalue weighted by Crippen LogP contribution is 2.38. The van der Waals surface area contributed by atoms with Crippen LogP contribution < -0.4 is 5.32 Å². The minimum atomic E-state index is -0.209. The fourth-order valence-electron chi connectivity index (χ4n) is 3.26. The van der Waals surface area contributed by atoms with Crippen molar-refractivity contribution in [1.29, 1.82) is 0 Å². The molecule has 140 valence electrons. The number of benzene rings is 2. The van der Waals surface area contributed by atoms with Crippen molar-refractivity contribution in [2.75, 3.05) is 0 Å².